The molecule has 7 heteroatoms. The van der Waals surface area contributed by atoms with Crippen LogP contribution < -0.4 is 30.6 Å². The Morgan fingerprint density at radius 2 is 0.636 bits per heavy atom. The summed E-state index contributed by atoms with van der Waals surface area (Å²) in [5, 5.41) is 5.12. The first-order chi connectivity index (χ1) is 27.2. The molecule has 266 valence electrons. The van der Waals surface area contributed by atoms with Crippen LogP contribution in [0.5, 0.6) is 0 Å². The van der Waals surface area contributed by atoms with Gasteiger partial charge in [-0.15, -0.1) is 0 Å². The van der Waals surface area contributed by atoms with Crippen LogP contribution in [0.3, 0.4) is 0 Å². The number of hydrogen-bond donors (Lipinski definition) is 0. The van der Waals surface area contributed by atoms with Gasteiger partial charge in [-0.05, 0) is 48.5 Å². The fourth-order valence-electron chi connectivity index (χ4n) is 7.05. The third-order valence-corrected chi connectivity index (χ3v) is 18.9. The Morgan fingerprint density at radius 3 is 1.02 bits per heavy atom. The summed E-state index contributed by atoms with van der Waals surface area (Å²) in [5.41, 5.74) is 4.98. The molecule has 2 aliphatic heterocycles. The molecule has 0 bridgehead atoms. The average molecular weight is 799 g/mol. The average Bonchev–Trinajstić information content (AvgIpc) is 3.27. The smallest absolute Gasteiger partial charge is 0.0973 e. The van der Waals surface area contributed by atoms with Gasteiger partial charge in [0, 0.05) is 40.8 Å². The minimum absolute atomic E-state index is 0.722. The van der Waals surface area contributed by atoms with Crippen molar-refractivity contribution < 1.29 is 0 Å². The van der Waals surface area contributed by atoms with Crippen LogP contribution in [0.1, 0.15) is 0 Å². The van der Waals surface area contributed by atoms with Gasteiger partial charge in [0.05, 0.1) is 37.0 Å². The zero-order chi connectivity index (χ0) is 37.0. The molecular weight excluding hydrogens is 763 g/mol. The van der Waals surface area contributed by atoms with Gasteiger partial charge >= 0.3 is 0 Å². The summed E-state index contributed by atoms with van der Waals surface area (Å²) in [6.45, 7) is 0. The summed E-state index contributed by atoms with van der Waals surface area (Å²) in [4.78, 5) is 5.13. The molecule has 0 aliphatic carbocycles. The zero-order valence-corrected chi connectivity index (χ0v) is 34.0. The summed E-state index contributed by atoms with van der Waals surface area (Å²) < 4.78 is 5.00. The van der Waals surface area contributed by atoms with Crippen LogP contribution in [0.25, 0.3) is 0 Å². The quantitative estimate of drug-likeness (QED) is 0.154. The second-order valence-electron chi connectivity index (χ2n) is 12.9. The molecule has 8 aromatic carbocycles. The maximum absolute atomic E-state index is 6.63. The molecule has 0 radical (unpaired) electrons. The molecule has 10 rings (SSSR count). The van der Waals surface area contributed by atoms with E-state index in [1.54, 1.807) is 0 Å². The van der Waals surface area contributed by atoms with Crippen molar-refractivity contribution in [3.63, 3.8) is 0 Å². The van der Waals surface area contributed by atoms with E-state index in [0.29, 0.717) is 0 Å². The molecule has 0 saturated heterocycles. The number of benzene rings is 8. The molecule has 0 amide bonds. The summed E-state index contributed by atoms with van der Waals surface area (Å²) >= 11 is 10.3. The molecule has 0 atom stereocenters. The van der Waals surface area contributed by atoms with Crippen LogP contribution in [0.15, 0.2) is 238 Å². The van der Waals surface area contributed by atoms with Crippen molar-refractivity contribution in [2.75, 3.05) is 9.34 Å². The highest BCUT2D eigenvalue weighted by molar-refractivity contribution is 8.22. The van der Waals surface area contributed by atoms with Gasteiger partial charge in [-0.1, -0.05) is 205 Å². The van der Waals surface area contributed by atoms with Gasteiger partial charge in [0.15, 0.2) is 0 Å². The van der Waals surface area contributed by atoms with E-state index in [1.807, 2.05) is 23.5 Å². The molecular formula is C48H36N2P2S3. The molecule has 0 N–H and O–H groups in total. The fraction of sp³-hybridized carbons (Fsp3) is 0. The maximum Gasteiger partial charge on any atom is 0.0973 e. The summed E-state index contributed by atoms with van der Waals surface area (Å²) in [6.07, 6.45) is -2.31. The third-order valence-electron chi connectivity index (χ3n) is 9.51. The van der Waals surface area contributed by atoms with Crippen molar-refractivity contribution in [3.8, 4) is 0 Å². The minimum atomic E-state index is -2.31. The van der Waals surface area contributed by atoms with Crippen molar-refractivity contribution in [3.05, 3.63) is 218 Å². The lowest BCUT2D eigenvalue weighted by Gasteiger charge is -2.41. The third kappa shape index (κ3) is 6.97. The molecule has 0 aromatic heterocycles. The van der Waals surface area contributed by atoms with Gasteiger partial charge in [-0.3, -0.25) is 0 Å². The minimum Gasteiger partial charge on any atom is -0.309 e. The molecule has 2 heterocycles. The van der Waals surface area contributed by atoms with E-state index >= 15 is 0 Å². The second-order valence-corrected chi connectivity index (χ2v) is 21.3. The van der Waals surface area contributed by atoms with Crippen LogP contribution >= 0.6 is 37.8 Å². The molecule has 2 aliphatic rings. The van der Waals surface area contributed by atoms with Crippen LogP contribution in [-0.2, 0) is 11.8 Å². The zero-order valence-electron chi connectivity index (χ0n) is 29.8. The predicted octanol–water partition coefficient (Wildman–Crippen LogP) is 12.7. The Kier molecular flexibility index (Phi) is 10.5. The lowest BCUT2D eigenvalue weighted by atomic mass is 10.2. The second kappa shape index (κ2) is 16.1. The summed E-state index contributed by atoms with van der Waals surface area (Å²) in [7, 11) is -0.722. The van der Waals surface area contributed by atoms with E-state index in [1.165, 1.54) is 63.5 Å². The summed E-state index contributed by atoms with van der Waals surface area (Å²) in [6, 6.07) is 77.7. The molecule has 8 aromatic rings. The topological polar surface area (TPSA) is 6.48 Å². The number of nitrogens with zero attached hydrogens (tertiary/aromatic N) is 2. The highest BCUT2D eigenvalue weighted by Gasteiger charge is 2.36. The first-order valence-corrected chi connectivity index (χ1v) is 23.8. The highest BCUT2D eigenvalue weighted by atomic mass is 32.4. The largest absolute Gasteiger partial charge is 0.309 e. The Bertz CT molecular complexity index is 2430. The number of para-hydroxylation sites is 4. The van der Waals surface area contributed by atoms with E-state index in [4.69, 9.17) is 11.8 Å². The monoisotopic (exact) mass is 798 g/mol. The fourth-order valence-corrected chi connectivity index (χ4v) is 16.0. The van der Waals surface area contributed by atoms with Gasteiger partial charge < -0.3 is 9.34 Å². The van der Waals surface area contributed by atoms with Gasteiger partial charge in [0.25, 0.3) is 0 Å². The predicted molar refractivity (Wildman–Crippen MR) is 244 cm³/mol. The molecule has 2 nitrogen and oxygen atoms in total. The number of anilines is 4. The van der Waals surface area contributed by atoms with Crippen LogP contribution in [-0.4, -0.2) is 0 Å². The van der Waals surface area contributed by atoms with Crippen LogP contribution in [0.2, 0.25) is 0 Å². The van der Waals surface area contributed by atoms with E-state index in [9.17, 15) is 0 Å². The number of fused-ring (bicyclic) bond motifs is 4. The van der Waals surface area contributed by atoms with E-state index < -0.39 is 14.3 Å². The van der Waals surface area contributed by atoms with Gasteiger partial charge in [0.2, 0.25) is 0 Å². The number of rotatable bonds is 6. The van der Waals surface area contributed by atoms with E-state index in [-0.39, 0.29) is 0 Å². The first kappa shape index (κ1) is 35.8. The van der Waals surface area contributed by atoms with Crippen molar-refractivity contribution >= 4 is 93.6 Å². The first-order valence-electron chi connectivity index (χ1n) is 18.1. The lowest BCUT2D eigenvalue weighted by molar-refractivity contribution is 1.24. The Balaban J connectivity index is 0.000000144. The molecule has 0 fully saturated rings. The van der Waals surface area contributed by atoms with Crippen molar-refractivity contribution in [1.82, 2.24) is 0 Å². The van der Waals surface area contributed by atoms with E-state index in [0.717, 1.165) is 0 Å². The molecule has 0 unspecified atom stereocenters. The van der Waals surface area contributed by atoms with Crippen molar-refractivity contribution in [2.45, 2.75) is 19.6 Å². The van der Waals surface area contributed by atoms with Crippen LogP contribution in [0, 0.1) is 0 Å². The number of hydrogen-bond acceptors (Lipinski definition) is 4. The van der Waals surface area contributed by atoms with Crippen molar-refractivity contribution in [2.24, 2.45) is 0 Å². The SMILES string of the molecule is S=P(c1ccccc1)(c1ccccc1)N1c2ccccc2Sc2ccccc21.c1ccc(P(c2ccccc2)N2c3ccccc3Sc3ccccc32)cc1. The molecule has 0 saturated carbocycles. The Labute approximate surface area is 338 Å². The van der Waals surface area contributed by atoms with Gasteiger partial charge in [-0.25, -0.2) is 0 Å². The lowest BCUT2D eigenvalue weighted by Crippen LogP contribution is -2.30. The van der Waals surface area contributed by atoms with Crippen molar-refractivity contribution in [1.29, 1.82) is 0 Å². The standard InChI is InChI=1S/C24H18NPS2.C24H18NPS/c27-26(19-11-3-1-4-12-19,20-13-5-2-6-14-20)25-21-15-7-9-17-23(21)28-24-18-10-8-16-22(24)25;1-3-11-19(12-4-1)26(20-13-5-2-6-14-20)25-21-15-7-9-17-23(21)27-24-18-10-8-16-22(24)25/h1-18H;1-18H. The normalized spacial score (nSPS) is 12.7. The highest BCUT2D eigenvalue weighted by Crippen LogP contribution is 2.62. The Hall–Kier alpha value is -4.86. The van der Waals surface area contributed by atoms with Crippen LogP contribution in [0.4, 0.5) is 22.7 Å². The van der Waals surface area contributed by atoms with Gasteiger partial charge in [0.1, 0.15) is 0 Å². The molecule has 0 spiro atoms. The molecule has 55 heavy (non-hydrogen) atoms. The summed E-state index contributed by atoms with van der Waals surface area (Å²) in [5.74, 6) is 0. The Morgan fingerprint density at radius 1 is 0.345 bits per heavy atom. The van der Waals surface area contributed by atoms with E-state index in [2.05, 4.69) is 228 Å². The maximum atomic E-state index is 6.63. The van der Waals surface area contributed by atoms with Gasteiger partial charge in [-0.2, -0.15) is 0 Å².